The minimum Gasteiger partial charge on any atom is -0.313 e. The Morgan fingerprint density at radius 1 is 1.21 bits per heavy atom. The van der Waals surface area contributed by atoms with Gasteiger partial charge in [0.1, 0.15) is 0 Å². The summed E-state index contributed by atoms with van der Waals surface area (Å²) in [6.45, 7) is 1.95. The van der Waals surface area contributed by atoms with E-state index < -0.39 is 0 Å². The fraction of sp³-hybridized carbons (Fsp3) is 0.300. The first-order chi connectivity index (χ1) is 6.38. The number of rotatable bonds is 0. The van der Waals surface area contributed by atoms with Crippen LogP contribution in [0.2, 0.25) is 0 Å². The number of hydrogen-bond acceptors (Lipinski definition) is 3. The molecule has 0 radical (unpaired) electrons. The van der Waals surface area contributed by atoms with Crippen LogP contribution in [0.15, 0.2) is 29.3 Å². The van der Waals surface area contributed by atoms with Crippen LogP contribution in [0, 0.1) is 0 Å². The van der Waals surface area contributed by atoms with Gasteiger partial charge in [-0.2, -0.15) is 0 Å². The zero-order chi connectivity index (χ0) is 8.84. The van der Waals surface area contributed by atoms with Crippen LogP contribution in [0.5, 0.6) is 0 Å². The van der Waals surface area contributed by atoms with Gasteiger partial charge in [-0.25, -0.2) is 0 Å². The number of nitrogens with zero attached hydrogens (tertiary/aromatic N) is 3. The summed E-state index contributed by atoms with van der Waals surface area (Å²) in [6, 6.07) is 8.43. The third-order valence-electron chi connectivity index (χ3n) is 2.65. The Hall–Kier alpha value is -1.03. The van der Waals surface area contributed by atoms with Crippen LogP contribution in [0.4, 0.5) is 11.4 Å². The molecular formula is C10H12BrN3. The van der Waals surface area contributed by atoms with Gasteiger partial charge < -0.3 is 9.80 Å². The molecule has 0 unspecified atom stereocenters. The van der Waals surface area contributed by atoms with Crippen molar-refractivity contribution < 1.29 is 0 Å². The van der Waals surface area contributed by atoms with Gasteiger partial charge >= 0.3 is 0 Å². The van der Waals surface area contributed by atoms with Gasteiger partial charge in [0, 0.05) is 13.6 Å². The molecule has 1 aromatic carbocycles. The van der Waals surface area contributed by atoms with E-state index in [9.17, 15) is 0 Å². The summed E-state index contributed by atoms with van der Waals surface area (Å²) in [4.78, 5) is 8.89. The molecule has 0 atom stereocenters. The third-order valence-corrected chi connectivity index (χ3v) is 2.65. The van der Waals surface area contributed by atoms with Gasteiger partial charge in [0.2, 0.25) is 5.96 Å². The van der Waals surface area contributed by atoms with Crippen LogP contribution in [0.25, 0.3) is 0 Å². The molecule has 1 aromatic rings. The molecular weight excluding hydrogens is 242 g/mol. The Labute approximate surface area is 93.8 Å². The quantitative estimate of drug-likeness (QED) is 0.704. The Morgan fingerprint density at radius 3 is 2.71 bits per heavy atom. The smallest absolute Gasteiger partial charge is 0.205 e. The van der Waals surface area contributed by atoms with Crippen molar-refractivity contribution in [2.75, 3.05) is 29.9 Å². The number of benzene rings is 1. The zero-order valence-corrected chi connectivity index (χ0v) is 9.69. The monoisotopic (exact) mass is 253 g/mol. The van der Waals surface area contributed by atoms with E-state index in [0.717, 1.165) is 19.0 Å². The molecule has 0 N–H and O–H groups in total. The number of aliphatic imine (C=N–C) groups is 1. The number of hydrogen-bond donors (Lipinski definition) is 0. The standard InChI is InChI=1S/C10H11N3.BrH/c1-12-8-4-2-3-5-9(8)13-7-6-11-10(12)13;/h2-5H,6-7H2,1H3;1H. The SMILES string of the molecule is Br.CN1C2=NCCN2c2ccccc21. The summed E-state index contributed by atoms with van der Waals surface area (Å²) in [6.07, 6.45) is 0. The summed E-state index contributed by atoms with van der Waals surface area (Å²) < 4.78 is 0. The third kappa shape index (κ3) is 1.07. The second kappa shape index (κ2) is 3.28. The van der Waals surface area contributed by atoms with Crippen molar-refractivity contribution in [3.05, 3.63) is 24.3 Å². The van der Waals surface area contributed by atoms with Crippen molar-refractivity contribution in [3.63, 3.8) is 0 Å². The normalized spacial score (nSPS) is 17.4. The highest BCUT2D eigenvalue weighted by Gasteiger charge is 2.32. The van der Waals surface area contributed by atoms with E-state index in [4.69, 9.17) is 0 Å². The van der Waals surface area contributed by atoms with Crippen molar-refractivity contribution >= 4 is 34.3 Å². The molecule has 0 saturated heterocycles. The molecule has 2 aliphatic rings. The van der Waals surface area contributed by atoms with Crippen LogP contribution >= 0.6 is 17.0 Å². The maximum Gasteiger partial charge on any atom is 0.205 e. The Balaban J connectivity index is 0.000000750. The van der Waals surface area contributed by atoms with Gasteiger partial charge in [-0.15, -0.1) is 17.0 Å². The van der Waals surface area contributed by atoms with Gasteiger partial charge in [0.15, 0.2) is 0 Å². The number of fused-ring (bicyclic) bond motifs is 3. The predicted octanol–water partition coefficient (Wildman–Crippen LogP) is 1.89. The first-order valence-corrected chi connectivity index (χ1v) is 4.53. The lowest BCUT2D eigenvalue weighted by atomic mass is 10.2. The fourth-order valence-electron chi connectivity index (χ4n) is 2.03. The maximum atomic E-state index is 4.46. The molecule has 0 saturated carbocycles. The van der Waals surface area contributed by atoms with E-state index in [2.05, 4.69) is 46.1 Å². The second-order valence-electron chi connectivity index (χ2n) is 3.38. The molecule has 0 bridgehead atoms. The van der Waals surface area contributed by atoms with Crippen LogP contribution in [0.3, 0.4) is 0 Å². The molecule has 4 heteroatoms. The molecule has 3 nitrogen and oxygen atoms in total. The number of anilines is 2. The van der Waals surface area contributed by atoms with E-state index in [1.807, 2.05) is 0 Å². The summed E-state index contributed by atoms with van der Waals surface area (Å²) in [5.74, 6) is 1.10. The number of guanidine groups is 1. The molecule has 3 rings (SSSR count). The minimum absolute atomic E-state index is 0. The van der Waals surface area contributed by atoms with Crippen molar-refractivity contribution in [1.29, 1.82) is 0 Å². The van der Waals surface area contributed by atoms with Gasteiger partial charge in [0.25, 0.3) is 0 Å². The molecule has 0 aromatic heterocycles. The molecule has 74 valence electrons. The Bertz CT molecular complexity index is 389. The van der Waals surface area contributed by atoms with Gasteiger partial charge in [-0.05, 0) is 12.1 Å². The van der Waals surface area contributed by atoms with Crippen LogP contribution in [-0.4, -0.2) is 26.1 Å². The Morgan fingerprint density at radius 2 is 1.93 bits per heavy atom. The summed E-state index contributed by atoms with van der Waals surface area (Å²) in [5.41, 5.74) is 2.56. The molecule has 0 aliphatic carbocycles. The molecule has 0 amide bonds. The van der Waals surface area contributed by atoms with Crippen molar-refractivity contribution in [3.8, 4) is 0 Å². The lowest BCUT2D eigenvalue weighted by Crippen LogP contribution is -2.32. The lowest BCUT2D eigenvalue weighted by molar-refractivity contribution is 1.03. The largest absolute Gasteiger partial charge is 0.313 e. The van der Waals surface area contributed by atoms with E-state index in [1.165, 1.54) is 11.4 Å². The van der Waals surface area contributed by atoms with Gasteiger partial charge in [0.05, 0.1) is 17.9 Å². The lowest BCUT2D eigenvalue weighted by Gasteiger charge is -2.12. The highest BCUT2D eigenvalue weighted by Crippen LogP contribution is 2.36. The second-order valence-corrected chi connectivity index (χ2v) is 3.38. The van der Waals surface area contributed by atoms with Crippen molar-refractivity contribution in [1.82, 2.24) is 0 Å². The molecule has 0 spiro atoms. The topological polar surface area (TPSA) is 18.8 Å². The average molecular weight is 254 g/mol. The summed E-state index contributed by atoms with van der Waals surface area (Å²) in [5, 5.41) is 0. The first-order valence-electron chi connectivity index (χ1n) is 4.53. The average Bonchev–Trinajstić information content (AvgIpc) is 2.72. The molecule has 2 heterocycles. The van der Waals surface area contributed by atoms with E-state index >= 15 is 0 Å². The van der Waals surface area contributed by atoms with Crippen LogP contribution < -0.4 is 9.80 Å². The predicted molar refractivity (Wildman–Crippen MR) is 64.8 cm³/mol. The van der Waals surface area contributed by atoms with Crippen LogP contribution in [-0.2, 0) is 0 Å². The summed E-state index contributed by atoms with van der Waals surface area (Å²) in [7, 11) is 2.07. The van der Waals surface area contributed by atoms with Gasteiger partial charge in [-0.3, -0.25) is 4.99 Å². The van der Waals surface area contributed by atoms with Crippen molar-refractivity contribution in [2.24, 2.45) is 4.99 Å². The van der Waals surface area contributed by atoms with E-state index in [1.54, 1.807) is 0 Å². The Kier molecular flexibility index (Phi) is 2.23. The highest BCUT2D eigenvalue weighted by molar-refractivity contribution is 8.93. The highest BCUT2D eigenvalue weighted by atomic mass is 79.9. The van der Waals surface area contributed by atoms with Gasteiger partial charge in [-0.1, -0.05) is 12.1 Å². The molecule has 2 aliphatic heterocycles. The number of para-hydroxylation sites is 2. The van der Waals surface area contributed by atoms with Crippen LogP contribution in [0.1, 0.15) is 0 Å². The summed E-state index contributed by atoms with van der Waals surface area (Å²) >= 11 is 0. The molecule has 0 fully saturated rings. The first kappa shape index (κ1) is 9.52. The number of halogens is 1. The fourth-order valence-corrected chi connectivity index (χ4v) is 2.03. The van der Waals surface area contributed by atoms with E-state index in [0.29, 0.717) is 0 Å². The minimum atomic E-state index is 0. The maximum absolute atomic E-state index is 4.46. The van der Waals surface area contributed by atoms with Crippen molar-refractivity contribution in [2.45, 2.75) is 0 Å². The zero-order valence-electron chi connectivity index (χ0n) is 7.97. The molecule has 14 heavy (non-hydrogen) atoms. The van der Waals surface area contributed by atoms with E-state index in [-0.39, 0.29) is 17.0 Å².